The molecule has 0 unspecified atom stereocenters. The molecule has 0 bridgehead atoms. The SMILES string of the molecule is O=C(Nc1ccc(N2CCCC2)nc1)[C@H]1C[C@H]1c1cccc(C(F)(F)F)c1. The van der Waals surface area contributed by atoms with Gasteiger partial charge in [0, 0.05) is 19.0 Å². The Bertz CT molecular complexity index is 829. The van der Waals surface area contributed by atoms with Gasteiger partial charge in [0.1, 0.15) is 5.82 Å². The van der Waals surface area contributed by atoms with Gasteiger partial charge in [-0.3, -0.25) is 4.79 Å². The molecule has 1 N–H and O–H groups in total. The first-order valence-corrected chi connectivity index (χ1v) is 9.11. The molecule has 2 atom stereocenters. The number of pyridine rings is 1. The van der Waals surface area contributed by atoms with Crippen LogP contribution in [0.15, 0.2) is 42.6 Å². The average molecular weight is 375 g/mol. The van der Waals surface area contributed by atoms with Gasteiger partial charge in [0.2, 0.25) is 5.91 Å². The monoisotopic (exact) mass is 375 g/mol. The summed E-state index contributed by atoms with van der Waals surface area (Å²) >= 11 is 0. The molecule has 1 saturated carbocycles. The van der Waals surface area contributed by atoms with Crippen molar-refractivity contribution in [2.75, 3.05) is 23.3 Å². The minimum atomic E-state index is -4.37. The molecule has 2 heterocycles. The molecule has 4 nitrogen and oxygen atoms in total. The van der Waals surface area contributed by atoms with E-state index in [0.717, 1.165) is 31.0 Å². The van der Waals surface area contributed by atoms with Gasteiger partial charge in [0.05, 0.1) is 17.4 Å². The summed E-state index contributed by atoms with van der Waals surface area (Å²) in [6, 6.07) is 8.95. The van der Waals surface area contributed by atoms with Crippen molar-refractivity contribution in [2.24, 2.45) is 5.92 Å². The molecule has 1 aliphatic heterocycles. The number of hydrogen-bond donors (Lipinski definition) is 1. The first-order chi connectivity index (χ1) is 12.9. The number of carbonyl (C=O) groups is 1. The van der Waals surface area contributed by atoms with Crippen LogP contribution in [0.2, 0.25) is 0 Å². The Morgan fingerprint density at radius 3 is 2.59 bits per heavy atom. The largest absolute Gasteiger partial charge is 0.416 e. The van der Waals surface area contributed by atoms with Crippen molar-refractivity contribution in [3.63, 3.8) is 0 Å². The molecule has 1 aliphatic carbocycles. The molecule has 142 valence electrons. The lowest BCUT2D eigenvalue weighted by Gasteiger charge is -2.16. The van der Waals surface area contributed by atoms with Crippen LogP contribution in [0.1, 0.15) is 36.3 Å². The fourth-order valence-corrected chi connectivity index (χ4v) is 3.63. The highest BCUT2D eigenvalue weighted by atomic mass is 19.4. The quantitative estimate of drug-likeness (QED) is 0.859. The van der Waals surface area contributed by atoms with Crippen LogP contribution in [0.5, 0.6) is 0 Å². The van der Waals surface area contributed by atoms with Crippen LogP contribution in [0.25, 0.3) is 0 Å². The number of benzene rings is 1. The number of nitrogens with zero attached hydrogens (tertiary/aromatic N) is 2. The van der Waals surface area contributed by atoms with Crippen molar-refractivity contribution in [1.29, 1.82) is 0 Å². The van der Waals surface area contributed by atoms with E-state index in [2.05, 4.69) is 15.2 Å². The van der Waals surface area contributed by atoms with E-state index in [0.29, 0.717) is 17.7 Å². The maximum atomic E-state index is 12.8. The zero-order valence-corrected chi connectivity index (χ0v) is 14.7. The van der Waals surface area contributed by atoms with Crippen LogP contribution in [0, 0.1) is 5.92 Å². The van der Waals surface area contributed by atoms with Gasteiger partial charge in [0.15, 0.2) is 0 Å². The van der Waals surface area contributed by atoms with E-state index in [1.165, 1.54) is 18.9 Å². The molecular weight excluding hydrogens is 355 g/mol. The number of amides is 1. The van der Waals surface area contributed by atoms with Gasteiger partial charge >= 0.3 is 6.18 Å². The third kappa shape index (κ3) is 3.91. The summed E-state index contributed by atoms with van der Waals surface area (Å²) in [7, 11) is 0. The van der Waals surface area contributed by atoms with Crippen LogP contribution in [0.4, 0.5) is 24.7 Å². The number of rotatable bonds is 4. The Labute approximate surface area is 155 Å². The van der Waals surface area contributed by atoms with Crippen LogP contribution >= 0.6 is 0 Å². The van der Waals surface area contributed by atoms with Gasteiger partial charge in [-0.2, -0.15) is 13.2 Å². The Morgan fingerprint density at radius 1 is 1.15 bits per heavy atom. The van der Waals surface area contributed by atoms with E-state index in [9.17, 15) is 18.0 Å². The van der Waals surface area contributed by atoms with E-state index in [1.54, 1.807) is 12.3 Å². The molecule has 0 radical (unpaired) electrons. The number of carbonyl (C=O) groups excluding carboxylic acids is 1. The van der Waals surface area contributed by atoms with Crippen molar-refractivity contribution in [1.82, 2.24) is 4.98 Å². The van der Waals surface area contributed by atoms with E-state index in [-0.39, 0.29) is 17.7 Å². The van der Waals surface area contributed by atoms with Crippen LogP contribution in [-0.2, 0) is 11.0 Å². The van der Waals surface area contributed by atoms with Crippen molar-refractivity contribution >= 4 is 17.4 Å². The first-order valence-electron chi connectivity index (χ1n) is 9.11. The number of aromatic nitrogens is 1. The minimum Gasteiger partial charge on any atom is -0.357 e. The third-order valence-corrected chi connectivity index (χ3v) is 5.21. The molecule has 1 aromatic heterocycles. The predicted octanol–water partition coefficient (Wildman–Crippen LogP) is 4.44. The molecule has 1 amide bonds. The molecule has 2 aliphatic rings. The lowest BCUT2D eigenvalue weighted by molar-refractivity contribution is -0.137. The fraction of sp³-hybridized carbons (Fsp3) is 0.400. The van der Waals surface area contributed by atoms with Gasteiger partial charge in [-0.15, -0.1) is 0 Å². The Hall–Kier alpha value is -2.57. The van der Waals surface area contributed by atoms with Crippen molar-refractivity contribution < 1.29 is 18.0 Å². The molecular formula is C20H20F3N3O. The Balaban J connectivity index is 1.37. The molecule has 7 heteroatoms. The maximum absolute atomic E-state index is 12.8. The zero-order chi connectivity index (χ0) is 19.0. The second kappa shape index (κ2) is 6.87. The third-order valence-electron chi connectivity index (χ3n) is 5.21. The lowest BCUT2D eigenvalue weighted by atomic mass is 10.1. The van der Waals surface area contributed by atoms with E-state index in [1.807, 2.05) is 12.1 Å². The standard InChI is InChI=1S/C20H20F3N3O/c21-20(22,23)14-5-3-4-13(10-14)16-11-17(16)19(27)25-15-6-7-18(24-12-15)26-8-1-2-9-26/h3-7,10,12,16-17H,1-2,8-9,11H2,(H,25,27)/t16-,17-/m0/s1. The molecule has 2 aromatic rings. The molecule has 1 saturated heterocycles. The maximum Gasteiger partial charge on any atom is 0.416 e. The molecule has 4 rings (SSSR count). The van der Waals surface area contributed by atoms with Crippen LogP contribution in [0.3, 0.4) is 0 Å². The molecule has 27 heavy (non-hydrogen) atoms. The second-order valence-electron chi connectivity index (χ2n) is 7.16. The van der Waals surface area contributed by atoms with Gasteiger partial charge in [0.25, 0.3) is 0 Å². The average Bonchev–Trinajstić information content (AvgIpc) is 3.27. The van der Waals surface area contributed by atoms with E-state index < -0.39 is 11.7 Å². The Morgan fingerprint density at radius 2 is 1.93 bits per heavy atom. The van der Waals surface area contributed by atoms with Crippen molar-refractivity contribution in [3.05, 3.63) is 53.7 Å². The fourth-order valence-electron chi connectivity index (χ4n) is 3.63. The highest BCUT2D eigenvalue weighted by Gasteiger charge is 2.44. The second-order valence-corrected chi connectivity index (χ2v) is 7.16. The predicted molar refractivity (Wildman–Crippen MR) is 96.6 cm³/mol. The number of anilines is 2. The number of nitrogens with one attached hydrogen (secondary N) is 1. The summed E-state index contributed by atoms with van der Waals surface area (Å²) in [5, 5.41) is 2.82. The highest BCUT2D eigenvalue weighted by Crippen LogP contribution is 2.48. The van der Waals surface area contributed by atoms with Gasteiger partial charge in [-0.25, -0.2) is 4.98 Å². The summed E-state index contributed by atoms with van der Waals surface area (Å²) in [6.45, 7) is 2.00. The smallest absolute Gasteiger partial charge is 0.357 e. The molecule has 1 aromatic carbocycles. The van der Waals surface area contributed by atoms with E-state index >= 15 is 0 Å². The minimum absolute atomic E-state index is 0.163. The van der Waals surface area contributed by atoms with Crippen molar-refractivity contribution in [3.8, 4) is 0 Å². The van der Waals surface area contributed by atoms with E-state index in [4.69, 9.17) is 0 Å². The summed E-state index contributed by atoms with van der Waals surface area (Å²) < 4.78 is 38.5. The highest BCUT2D eigenvalue weighted by molar-refractivity contribution is 5.95. The Kier molecular flexibility index (Phi) is 4.53. The van der Waals surface area contributed by atoms with Crippen molar-refractivity contribution in [2.45, 2.75) is 31.4 Å². The molecule has 2 fully saturated rings. The van der Waals surface area contributed by atoms with Gasteiger partial charge in [-0.1, -0.05) is 18.2 Å². The summed E-state index contributed by atoms with van der Waals surface area (Å²) in [5.74, 6) is 0.266. The topological polar surface area (TPSA) is 45.2 Å². The summed E-state index contributed by atoms with van der Waals surface area (Å²) in [5.41, 5.74) is 0.498. The summed E-state index contributed by atoms with van der Waals surface area (Å²) in [4.78, 5) is 19.0. The van der Waals surface area contributed by atoms with Crippen LogP contribution in [-0.4, -0.2) is 24.0 Å². The number of hydrogen-bond acceptors (Lipinski definition) is 3. The van der Waals surface area contributed by atoms with Crippen LogP contribution < -0.4 is 10.2 Å². The number of alkyl halides is 3. The lowest BCUT2D eigenvalue weighted by Crippen LogP contribution is -2.19. The molecule has 0 spiro atoms. The zero-order valence-electron chi connectivity index (χ0n) is 14.7. The summed E-state index contributed by atoms with van der Waals surface area (Å²) in [6.07, 6.45) is 0.155. The first kappa shape index (κ1) is 17.8. The van der Waals surface area contributed by atoms with Gasteiger partial charge < -0.3 is 10.2 Å². The normalized spacial score (nSPS) is 22.0. The van der Waals surface area contributed by atoms with Gasteiger partial charge in [-0.05, 0) is 48.9 Å². The number of halogens is 3.